The zero-order chi connectivity index (χ0) is 16.6. The zero-order valence-corrected chi connectivity index (χ0v) is 14.1. The summed E-state index contributed by atoms with van der Waals surface area (Å²) in [6, 6.07) is 0. The van der Waals surface area contributed by atoms with Crippen LogP contribution in [0.1, 0.15) is 47.5 Å². The van der Waals surface area contributed by atoms with Crippen LogP contribution in [-0.2, 0) is 19.1 Å². The minimum Gasteiger partial charge on any atom is -0.460 e. The van der Waals surface area contributed by atoms with E-state index in [2.05, 4.69) is 0 Å². The second-order valence-electron chi connectivity index (χ2n) is 5.90. The number of nitrogens with zero attached hydrogens (tertiary/aromatic N) is 2. The molecule has 6 nitrogen and oxygen atoms in total. The number of hydrogen-bond donors (Lipinski definition) is 0. The van der Waals surface area contributed by atoms with Gasteiger partial charge in [0.2, 0.25) is 11.8 Å². The number of likely N-dealkylation sites (N-methyl/N-ethyl adjacent to an activating group) is 2. The quantitative estimate of drug-likeness (QED) is 0.667. The number of hydrogen-bond acceptors (Lipinski definition) is 4. The predicted octanol–water partition coefficient (Wildman–Crippen LogP) is 1.44. The highest BCUT2D eigenvalue weighted by Gasteiger charge is 2.20. The average molecular weight is 300 g/mol. The molecule has 0 rings (SSSR count). The number of ether oxygens (including phenoxy) is 1. The lowest BCUT2D eigenvalue weighted by molar-refractivity contribution is -0.156. The number of carbonyl (C=O) groups is 3. The van der Waals surface area contributed by atoms with E-state index >= 15 is 0 Å². The lowest BCUT2D eigenvalue weighted by atomic mass is 10.2. The first kappa shape index (κ1) is 19.4. The fraction of sp³-hybridized carbons (Fsp3) is 0.800. The van der Waals surface area contributed by atoms with E-state index in [4.69, 9.17) is 4.74 Å². The third-order valence-electron chi connectivity index (χ3n) is 2.88. The Labute approximate surface area is 127 Å². The number of rotatable bonds is 7. The molecule has 0 radical (unpaired) electrons. The van der Waals surface area contributed by atoms with Crippen LogP contribution < -0.4 is 0 Å². The minimum atomic E-state index is -0.551. The van der Waals surface area contributed by atoms with Crippen LogP contribution in [0, 0.1) is 0 Å². The summed E-state index contributed by atoms with van der Waals surface area (Å²) in [4.78, 5) is 38.3. The van der Waals surface area contributed by atoms with E-state index in [9.17, 15) is 14.4 Å². The largest absolute Gasteiger partial charge is 0.460 e. The summed E-state index contributed by atoms with van der Waals surface area (Å²) in [5.41, 5.74) is -0.551. The van der Waals surface area contributed by atoms with Crippen LogP contribution in [0.5, 0.6) is 0 Å². The van der Waals surface area contributed by atoms with Gasteiger partial charge in [-0.2, -0.15) is 0 Å². The fourth-order valence-corrected chi connectivity index (χ4v) is 1.76. The zero-order valence-electron chi connectivity index (χ0n) is 14.1. The van der Waals surface area contributed by atoms with Gasteiger partial charge in [-0.25, -0.2) is 0 Å². The Balaban J connectivity index is 4.23. The van der Waals surface area contributed by atoms with Crippen molar-refractivity contribution < 1.29 is 19.1 Å². The lowest BCUT2D eigenvalue weighted by Crippen LogP contribution is -2.41. The summed E-state index contributed by atoms with van der Waals surface area (Å²) in [5.74, 6) is -0.728. The molecule has 0 N–H and O–H groups in total. The van der Waals surface area contributed by atoms with Crippen molar-refractivity contribution in [3.8, 4) is 0 Å². The molecular formula is C15H28N2O4. The molecule has 0 aliphatic rings. The predicted molar refractivity (Wildman–Crippen MR) is 80.6 cm³/mol. The van der Waals surface area contributed by atoms with Crippen molar-refractivity contribution >= 4 is 17.8 Å². The summed E-state index contributed by atoms with van der Waals surface area (Å²) >= 11 is 0. The topological polar surface area (TPSA) is 66.9 Å². The number of amides is 2. The van der Waals surface area contributed by atoms with Crippen LogP contribution >= 0.6 is 0 Å². The van der Waals surface area contributed by atoms with Crippen LogP contribution in [0.2, 0.25) is 0 Å². The Morgan fingerprint density at radius 1 is 0.952 bits per heavy atom. The molecule has 122 valence electrons. The molecule has 21 heavy (non-hydrogen) atoms. The first-order valence-electron chi connectivity index (χ1n) is 7.34. The highest BCUT2D eigenvalue weighted by molar-refractivity contribution is 5.86. The molecule has 0 bridgehead atoms. The molecule has 0 aromatic rings. The van der Waals surface area contributed by atoms with Gasteiger partial charge in [0.05, 0.1) is 13.0 Å². The Morgan fingerprint density at radius 3 is 1.90 bits per heavy atom. The van der Waals surface area contributed by atoms with Crippen LogP contribution in [0.25, 0.3) is 0 Å². The van der Waals surface area contributed by atoms with Crippen molar-refractivity contribution in [2.75, 3.05) is 26.7 Å². The molecule has 2 amide bonds. The number of esters is 1. The Kier molecular flexibility index (Phi) is 7.99. The van der Waals surface area contributed by atoms with E-state index in [1.54, 1.807) is 32.7 Å². The van der Waals surface area contributed by atoms with Crippen molar-refractivity contribution in [3.63, 3.8) is 0 Å². The van der Waals surface area contributed by atoms with E-state index in [-0.39, 0.29) is 31.2 Å². The maximum Gasteiger partial charge on any atom is 0.306 e. The molecule has 0 unspecified atom stereocenters. The van der Waals surface area contributed by atoms with Crippen LogP contribution in [-0.4, -0.2) is 59.9 Å². The molecule has 0 spiro atoms. The fourth-order valence-electron chi connectivity index (χ4n) is 1.76. The molecule has 0 aromatic heterocycles. The molecule has 0 atom stereocenters. The summed E-state index contributed by atoms with van der Waals surface area (Å²) in [6.07, 6.45) is 0.0802. The molecule has 6 heteroatoms. The summed E-state index contributed by atoms with van der Waals surface area (Å²) in [5, 5.41) is 0. The van der Waals surface area contributed by atoms with Crippen LogP contribution in [0.4, 0.5) is 0 Å². The minimum absolute atomic E-state index is 0.0277. The molecule has 0 saturated heterocycles. The van der Waals surface area contributed by atoms with E-state index in [0.717, 1.165) is 0 Å². The first-order chi connectivity index (χ1) is 9.60. The smallest absolute Gasteiger partial charge is 0.306 e. The van der Waals surface area contributed by atoms with Gasteiger partial charge in [0.25, 0.3) is 0 Å². The SMILES string of the molecule is CCN(CC)C(=O)CN(C)C(=O)CCC(=O)OC(C)(C)C. The van der Waals surface area contributed by atoms with Gasteiger partial charge in [0, 0.05) is 26.6 Å². The second kappa shape index (κ2) is 8.64. The van der Waals surface area contributed by atoms with Gasteiger partial charge in [-0.1, -0.05) is 0 Å². The highest BCUT2D eigenvalue weighted by atomic mass is 16.6. The van der Waals surface area contributed by atoms with E-state index in [0.29, 0.717) is 13.1 Å². The summed E-state index contributed by atoms with van der Waals surface area (Å²) in [7, 11) is 1.57. The van der Waals surface area contributed by atoms with Crippen LogP contribution in [0.15, 0.2) is 0 Å². The molecule has 0 aliphatic heterocycles. The average Bonchev–Trinajstić information content (AvgIpc) is 2.35. The maximum atomic E-state index is 11.9. The summed E-state index contributed by atoms with van der Waals surface area (Å²) in [6.45, 7) is 10.4. The molecule has 0 heterocycles. The van der Waals surface area contributed by atoms with E-state index in [1.807, 2.05) is 13.8 Å². The van der Waals surface area contributed by atoms with Gasteiger partial charge in [-0.15, -0.1) is 0 Å². The van der Waals surface area contributed by atoms with Gasteiger partial charge in [0.1, 0.15) is 5.60 Å². The first-order valence-corrected chi connectivity index (χ1v) is 7.34. The van der Waals surface area contributed by atoms with Gasteiger partial charge >= 0.3 is 5.97 Å². The van der Waals surface area contributed by atoms with Gasteiger partial charge < -0.3 is 14.5 Å². The van der Waals surface area contributed by atoms with Gasteiger partial charge in [-0.05, 0) is 34.6 Å². The monoisotopic (exact) mass is 300 g/mol. The van der Waals surface area contributed by atoms with Crippen molar-refractivity contribution in [1.29, 1.82) is 0 Å². The molecule has 0 aliphatic carbocycles. The van der Waals surface area contributed by atoms with Crippen molar-refractivity contribution in [1.82, 2.24) is 9.80 Å². The highest BCUT2D eigenvalue weighted by Crippen LogP contribution is 2.09. The van der Waals surface area contributed by atoms with Crippen molar-refractivity contribution in [2.45, 2.75) is 53.1 Å². The van der Waals surface area contributed by atoms with E-state index in [1.165, 1.54) is 4.90 Å². The van der Waals surface area contributed by atoms with Crippen molar-refractivity contribution in [2.24, 2.45) is 0 Å². The Morgan fingerprint density at radius 2 is 1.48 bits per heavy atom. The van der Waals surface area contributed by atoms with Gasteiger partial charge in [0.15, 0.2) is 0 Å². The third-order valence-corrected chi connectivity index (χ3v) is 2.88. The Bertz CT molecular complexity index is 370. The Hall–Kier alpha value is -1.59. The maximum absolute atomic E-state index is 11.9. The molecule has 0 aromatic carbocycles. The third kappa shape index (κ3) is 8.32. The lowest BCUT2D eigenvalue weighted by Gasteiger charge is -2.23. The molecule has 0 fully saturated rings. The number of carbonyl (C=O) groups excluding carboxylic acids is 3. The van der Waals surface area contributed by atoms with Gasteiger partial charge in [-0.3, -0.25) is 14.4 Å². The van der Waals surface area contributed by atoms with Crippen molar-refractivity contribution in [3.05, 3.63) is 0 Å². The summed E-state index contributed by atoms with van der Waals surface area (Å²) < 4.78 is 5.14. The standard InChI is InChI=1S/C15H28N2O4/c1-7-17(8-2)13(19)11-16(6)12(18)9-10-14(20)21-15(3,4)5/h7-11H2,1-6H3. The molecule has 0 saturated carbocycles. The molecular weight excluding hydrogens is 272 g/mol. The van der Waals surface area contributed by atoms with Crippen LogP contribution in [0.3, 0.4) is 0 Å². The second-order valence-corrected chi connectivity index (χ2v) is 5.90. The normalized spacial score (nSPS) is 11.0. The van der Waals surface area contributed by atoms with E-state index < -0.39 is 11.6 Å².